The van der Waals surface area contributed by atoms with Crippen LogP contribution in [0.15, 0.2) is 24.3 Å². The molecule has 2 aliphatic heterocycles. The van der Waals surface area contributed by atoms with Crippen LogP contribution in [0.2, 0.25) is 0 Å². The maximum absolute atomic E-state index is 9.39. The lowest BCUT2D eigenvalue weighted by atomic mass is 9.77. The third-order valence-electron chi connectivity index (χ3n) is 6.70. The summed E-state index contributed by atoms with van der Waals surface area (Å²) in [6.45, 7) is 3.81. The summed E-state index contributed by atoms with van der Waals surface area (Å²) in [6, 6.07) is 8.84. The topological polar surface area (TPSA) is 32.7 Å². The Kier molecular flexibility index (Phi) is 5.44. The Labute approximate surface area is 152 Å². The molecule has 25 heavy (non-hydrogen) atoms. The van der Waals surface area contributed by atoms with Crippen molar-refractivity contribution < 1.29 is 9.84 Å². The van der Waals surface area contributed by atoms with Crippen molar-refractivity contribution in [2.45, 2.75) is 69.5 Å². The van der Waals surface area contributed by atoms with Crippen LogP contribution in [0.3, 0.4) is 0 Å². The number of aliphatic hydroxyl groups excluding tert-OH is 1. The molecule has 1 atom stereocenters. The molecule has 1 saturated carbocycles. The van der Waals surface area contributed by atoms with Gasteiger partial charge >= 0.3 is 0 Å². The largest absolute Gasteiger partial charge is 0.396 e. The molecular weight excluding hydrogens is 310 g/mol. The summed E-state index contributed by atoms with van der Waals surface area (Å²) in [7, 11) is 0. The Hall–Kier alpha value is -0.900. The molecule has 3 aliphatic rings. The van der Waals surface area contributed by atoms with Crippen molar-refractivity contribution in [2.75, 3.05) is 26.2 Å². The minimum atomic E-state index is -0.113. The smallest absolute Gasteiger partial charge is 0.0962 e. The lowest BCUT2D eigenvalue weighted by molar-refractivity contribution is -0.144. The lowest BCUT2D eigenvalue weighted by Gasteiger charge is -2.48. The molecule has 1 N–H and O–H groups in total. The molecule has 1 aromatic rings. The predicted molar refractivity (Wildman–Crippen MR) is 101 cm³/mol. The second-order valence-electron chi connectivity index (χ2n) is 8.41. The number of likely N-dealkylation sites (tertiary alicyclic amines) is 1. The Balaban J connectivity index is 1.45. The monoisotopic (exact) mass is 343 g/mol. The number of fused-ring (bicyclic) bond motifs is 2. The van der Waals surface area contributed by atoms with Gasteiger partial charge in [0.05, 0.1) is 11.7 Å². The minimum absolute atomic E-state index is 0.113. The summed E-state index contributed by atoms with van der Waals surface area (Å²) in [5, 5.41) is 9.39. The van der Waals surface area contributed by atoms with Gasteiger partial charge < -0.3 is 14.7 Å². The average molecular weight is 344 g/mol. The second kappa shape index (κ2) is 7.77. The van der Waals surface area contributed by atoms with Gasteiger partial charge in [-0.1, -0.05) is 43.5 Å². The maximum Gasteiger partial charge on any atom is 0.0962 e. The van der Waals surface area contributed by atoms with Crippen molar-refractivity contribution in [1.82, 2.24) is 4.90 Å². The van der Waals surface area contributed by atoms with Gasteiger partial charge in [-0.15, -0.1) is 0 Å². The number of piperidine rings is 1. The van der Waals surface area contributed by atoms with Gasteiger partial charge in [-0.3, -0.25) is 0 Å². The Morgan fingerprint density at radius 3 is 2.60 bits per heavy atom. The molecule has 4 rings (SSSR count). The SMILES string of the molecule is OCC[C@@H]1Cc2ccccc2C2(CCN(CC3CCCCC3)CC2)O1. The molecule has 2 fully saturated rings. The molecule has 1 aliphatic carbocycles. The summed E-state index contributed by atoms with van der Waals surface area (Å²) in [4.78, 5) is 2.68. The molecule has 1 saturated heterocycles. The molecular formula is C22H33NO2. The third kappa shape index (κ3) is 3.79. The number of hydrogen-bond donors (Lipinski definition) is 1. The first kappa shape index (κ1) is 17.5. The Bertz CT molecular complexity index is 559. The molecule has 0 amide bonds. The molecule has 1 aromatic carbocycles. The summed E-state index contributed by atoms with van der Waals surface area (Å²) in [5.41, 5.74) is 2.74. The zero-order chi connectivity index (χ0) is 17.1. The number of nitrogens with zero attached hydrogens (tertiary/aromatic N) is 1. The molecule has 0 radical (unpaired) electrons. The normalized spacial score (nSPS) is 27.3. The Morgan fingerprint density at radius 2 is 1.84 bits per heavy atom. The van der Waals surface area contributed by atoms with Crippen LogP contribution in [0.4, 0.5) is 0 Å². The van der Waals surface area contributed by atoms with Crippen LogP contribution in [0.25, 0.3) is 0 Å². The van der Waals surface area contributed by atoms with Crippen LogP contribution < -0.4 is 0 Å². The fourth-order valence-electron chi connectivity index (χ4n) is 5.34. The molecule has 3 nitrogen and oxygen atoms in total. The van der Waals surface area contributed by atoms with Crippen molar-refractivity contribution >= 4 is 0 Å². The third-order valence-corrected chi connectivity index (χ3v) is 6.70. The van der Waals surface area contributed by atoms with Crippen LogP contribution in [0.1, 0.15) is 62.5 Å². The fraction of sp³-hybridized carbons (Fsp3) is 0.727. The van der Waals surface area contributed by atoms with E-state index in [4.69, 9.17) is 4.74 Å². The molecule has 0 unspecified atom stereocenters. The van der Waals surface area contributed by atoms with E-state index in [1.807, 2.05) is 0 Å². The molecule has 3 heteroatoms. The van der Waals surface area contributed by atoms with Crippen LogP contribution in [0, 0.1) is 5.92 Å². The van der Waals surface area contributed by atoms with Gasteiger partial charge in [-0.2, -0.15) is 0 Å². The summed E-state index contributed by atoms with van der Waals surface area (Å²) in [6.07, 6.45) is 11.2. The van der Waals surface area contributed by atoms with Crippen LogP contribution >= 0.6 is 0 Å². The standard InChI is InChI=1S/C22H33NO2/c24-15-10-20-16-19-8-4-5-9-21(19)22(25-20)11-13-23(14-12-22)17-18-6-2-1-3-7-18/h4-5,8-9,18,20,24H,1-3,6-7,10-17H2/t20-/m1/s1. The van der Waals surface area contributed by atoms with Gasteiger partial charge in [0.25, 0.3) is 0 Å². The van der Waals surface area contributed by atoms with E-state index in [1.165, 1.54) is 49.8 Å². The van der Waals surface area contributed by atoms with Gasteiger partial charge in [0.2, 0.25) is 0 Å². The molecule has 2 heterocycles. The van der Waals surface area contributed by atoms with E-state index in [2.05, 4.69) is 29.2 Å². The summed E-state index contributed by atoms with van der Waals surface area (Å²) < 4.78 is 6.63. The zero-order valence-electron chi connectivity index (χ0n) is 15.5. The zero-order valence-corrected chi connectivity index (χ0v) is 15.5. The summed E-state index contributed by atoms with van der Waals surface area (Å²) in [5.74, 6) is 0.921. The van der Waals surface area contributed by atoms with Crippen molar-refractivity contribution in [2.24, 2.45) is 5.92 Å². The second-order valence-corrected chi connectivity index (χ2v) is 8.41. The highest BCUT2D eigenvalue weighted by Crippen LogP contribution is 2.44. The van der Waals surface area contributed by atoms with E-state index >= 15 is 0 Å². The summed E-state index contributed by atoms with van der Waals surface area (Å²) >= 11 is 0. The van der Waals surface area contributed by atoms with Gasteiger partial charge in [-0.25, -0.2) is 0 Å². The van der Waals surface area contributed by atoms with E-state index in [9.17, 15) is 5.11 Å². The first-order valence-electron chi connectivity index (χ1n) is 10.4. The first-order valence-corrected chi connectivity index (χ1v) is 10.4. The van der Waals surface area contributed by atoms with Gasteiger partial charge in [0.1, 0.15) is 0 Å². The lowest BCUT2D eigenvalue weighted by Crippen LogP contribution is -2.49. The van der Waals surface area contributed by atoms with Crippen molar-refractivity contribution in [1.29, 1.82) is 0 Å². The number of aliphatic hydroxyl groups is 1. The number of rotatable bonds is 4. The fourth-order valence-corrected chi connectivity index (χ4v) is 5.34. The van der Waals surface area contributed by atoms with Crippen molar-refractivity contribution in [3.8, 4) is 0 Å². The van der Waals surface area contributed by atoms with Crippen LogP contribution in [-0.4, -0.2) is 42.4 Å². The Morgan fingerprint density at radius 1 is 1.08 bits per heavy atom. The minimum Gasteiger partial charge on any atom is -0.396 e. The van der Waals surface area contributed by atoms with Crippen LogP contribution in [-0.2, 0) is 16.8 Å². The number of benzene rings is 1. The molecule has 0 aromatic heterocycles. The number of ether oxygens (including phenoxy) is 1. The van der Waals surface area contributed by atoms with E-state index < -0.39 is 0 Å². The van der Waals surface area contributed by atoms with Crippen LogP contribution in [0.5, 0.6) is 0 Å². The van der Waals surface area contributed by atoms with E-state index in [1.54, 1.807) is 0 Å². The highest BCUT2D eigenvalue weighted by Gasteiger charge is 2.43. The van der Waals surface area contributed by atoms with E-state index in [0.29, 0.717) is 0 Å². The van der Waals surface area contributed by atoms with Gasteiger partial charge in [0, 0.05) is 26.2 Å². The van der Waals surface area contributed by atoms with Crippen molar-refractivity contribution in [3.63, 3.8) is 0 Å². The molecule has 0 bridgehead atoms. The van der Waals surface area contributed by atoms with E-state index in [-0.39, 0.29) is 18.3 Å². The first-order chi connectivity index (χ1) is 12.3. The highest BCUT2D eigenvalue weighted by atomic mass is 16.5. The molecule has 138 valence electrons. The maximum atomic E-state index is 9.39. The predicted octanol–water partition coefficient (Wildman–Crippen LogP) is 3.88. The quantitative estimate of drug-likeness (QED) is 0.900. The average Bonchev–Trinajstić information content (AvgIpc) is 2.65. The van der Waals surface area contributed by atoms with Crippen molar-refractivity contribution in [3.05, 3.63) is 35.4 Å². The number of hydrogen-bond acceptors (Lipinski definition) is 3. The van der Waals surface area contributed by atoms with E-state index in [0.717, 1.165) is 44.7 Å². The van der Waals surface area contributed by atoms with Gasteiger partial charge in [-0.05, 0) is 55.6 Å². The molecule has 1 spiro atoms. The highest BCUT2D eigenvalue weighted by molar-refractivity contribution is 5.35. The van der Waals surface area contributed by atoms with Gasteiger partial charge in [0.15, 0.2) is 0 Å².